The number of hydrogen-bond donors (Lipinski definition) is 2. The molecule has 0 bridgehead atoms. The lowest BCUT2D eigenvalue weighted by Crippen LogP contribution is -2.56. The number of likely N-dealkylation sites (tertiary alicyclic amines) is 1. The fourth-order valence-corrected chi connectivity index (χ4v) is 2.36. The Morgan fingerprint density at radius 1 is 1.27 bits per heavy atom. The molecule has 1 fully saturated rings. The average molecular weight is 214 g/mol. The number of nitrogens with zero attached hydrogens (tertiary/aromatic N) is 1. The lowest BCUT2D eigenvalue weighted by molar-refractivity contribution is -0.0505. The van der Waals surface area contributed by atoms with Crippen molar-refractivity contribution in [1.29, 1.82) is 0 Å². The molecule has 0 aliphatic carbocycles. The number of rotatable bonds is 4. The molecule has 1 unspecified atom stereocenters. The third kappa shape index (κ3) is 3.16. The Hall–Kier alpha value is -0.120. The molecule has 0 amide bonds. The highest BCUT2D eigenvalue weighted by molar-refractivity contribution is 4.93. The van der Waals surface area contributed by atoms with Gasteiger partial charge in [0, 0.05) is 25.2 Å². The van der Waals surface area contributed by atoms with E-state index in [2.05, 4.69) is 37.9 Å². The summed E-state index contributed by atoms with van der Waals surface area (Å²) < 4.78 is 0. The number of aliphatic hydroxyl groups is 1. The van der Waals surface area contributed by atoms with Gasteiger partial charge < -0.3 is 15.3 Å². The molecule has 0 saturated carbocycles. The van der Waals surface area contributed by atoms with Crippen LogP contribution in [0, 0.1) is 0 Å². The Balaban J connectivity index is 2.46. The lowest BCUT2D eigenvalue weighted by atomic mass is 9.84. The minimum atomic E-state index is -0.499. The molecule has 1 rings (SSSR count). The number of nitrogens with one attached hydrogen (secondary N) is 1. The van der Waals surface area contributed by atoms with Gasteiger partial charge in [0.05, 0.1) is 5.60 Å². The molecule has 1 aliphatic heterocycles. The van der Waals surface area contributed by atoms with Crippen molar-refractivity contribution in [2.45, 2.75) is 58.2 Å². The van der Waals surface area contributed by atoms with Crippen molar-refractivity contribution in [1.82, 2.24) is 10.2 Å². The highest BCUT2D eigenvalue weighted by Crippen LogP contribution is 2.26. The van der Waals surface area contributed by atoms with E-state index in [1.165, 1.54) is 0 Å². The van der Waals surface area contributed by atoms with Gasteiger partial charge in [-0.1, -0.05) is 6.92 Å². The van der Waals surface area contributed by atoms with E-state index < -0.39 is 5.60 Å². The van der Waals surface area contributed by atoms with Crippen LogP contribution in [0.1, 0.15) is 40.5 Å². The van der Waals surface area contributed by atoms with Crippen LogP contribution in [-0.2, 0) is 0 Å². The molecule has 1 atom stereocenters. The maximum absolute atomic E-state index is 10.5. The van der Waals surface area contributed by atoms with Crippen molar-refractivity contribution in [3.63, 3.8) is 0 Å². The van der Waals surface area contributed by atoms with E-state index in [9.17, 15) is 5.11 Å². The van der Waals surface area contributed by atoms with Gasteiger partial charge in [-0.15, -0.1) is 0 Å². The lowest BCUT2D eigenvalue weighted by Gasteiger charge is -2.43. The topological polar surface area (TPSA) is 35.5 Å². The fraction of sp³-hybridized carbons (Fsp3) is 1.00. The van der Waals surface area contributed by atoms with E-state index in [-0.39, 0.29) is 6.04 Å². The van der Waals surface area contributed by atoms with Crippen LogP contribution in [0.3, 0.4) is 0 Å². The highest BCUT2D eigenvalue weighted by atomic mass is 16.3. The van der Waals surface area contributed by atoms with Crippen LogP contribution in [-0.4, -0.2) is 47.3 Å². The Labute approximate surface area is 93.9 Å². The first-order chi connectivity index (χ1) is 6.99. The second-order valence-electron chi connectivity index (χ2n) is 5.01. The summed E-state index contributed by atoms with van der Waals surface area (Å²) in [6.45, 7) is 11.6. The predicted octanol–water partition coefficient (Wildman–Crippen LogP) is 1.22. The normalized spacial score (nSPS) is 24.4. The van der Waals surface area contributed by atoms with Gasteiger partial charge in [0.2, 0.25) is 0 Å². The Morgan fingerprint density at radius 3 is 2.20 bits per heavy atom. The van der Waals surface area contributed by atoms with Gasteiger partial charge in [-0.2, -0.15) is 0 Å². The first-order valence-electron chi connectivity index (χ1n) is 6.19. The summed E-state index contributed by atoms with van der Waals surface area (Å²) in [4.78, 5) is 2.44. The number of likely N-dealkylation sites (N-methyl/N-ethyl adjacent to an activating group) is 1. The molecule has 0 aromatic heterocycles. The number of piperidine rings is 1. The molecule has 1 heterocycles. The fourth-order valence-electron chi connectivity index (χ4n) is 2.36. The minimum Gasteiger partial charge on any atom is -0.388 e. The summed E-state index contributed by atoms with van der Waals surface area (Å²) in [5.41, 5.74) is -0.499. The van der Waals surface area contributed by atoms with E-state index in [4.69, 9.17) is 0 Å². The van der Waals surface area contributed by atoms with Crippen molar-refractivity contribution >= 4 is 0 Å². The highest BCUT2D eigenvalue weighted by Gasteiger charge is 2.37. The van der Waals surface area contributed by atoms with Gasteiger partial charge in [-0.3, -0.25) is 0 Å². The molecule has 1 saturated heterocycles. The zero-order chi connectivity index (χ0) is 11.5. The molecule has 2 N–H and O–H groups in total. The number of hydrogen-bond acceptors (Lipinski definition) is 3. The Bertz CT molecular complexity index is 186. The van der Waals surface area contributed by atoms with Crippen molar-refractivity contribution in [3.05, 3.63) is 0 Å². The summed E-state index contributed by atoms with van der Waals surface area (Å²) >= 11 is 0. The molecule has 15 heavy (non-hydrogen) atoms. The maximum Gasteiger partial charge on any atom is 0.0821 e. The molecule has 90 valence electrons. The molecule has 0 aromatic carbocycles. The maximum atomic E-state index is 10.5. The molecule has 0 spiro atoms. The van der Waals surface area contributed by atoms with Crippen molar-refractivity contribution in [3.8, 4) is 0 Å². The second kappa shape index (κ2) is 5.28. The monoisotopic (exact) mass is 214 g/mol. The van der Waals surface area contributed by atoms with Crippen molar-refractivity contribution in [2.75, 3.05) is 19.6 Å². The SMILES string of the molecule is CCNC(C)C1(O)CCN(C(C)C)CC1. The molecular weight excluding hydrogens is 188 g/mol. The standard InChI is InChI=1S/C12H26N2O/c1-5-13-11(4)12(15)6-8-14(9-7-12)10(2)3/h10-11,13,15H,5-9H2,1-4H3. The Kier molecular flexibility index (Phi) is 4.56. The quantitative estimate of drug-likeness (QED) is 0.738. The van der Waals surface area contributed by atoms with E-state index in [0.29, 0.717) is 6.04 Å². The van der Waals surface area contributed by atoms with E-state index in [0.717, 1.165) is 32.5 Å². The first-order valence-corrected chi connectivity index (χ1v) is 6.19. The zero-order valence-corrected chi connectivity index (χ0v) is 10.6. The largest absolute Gasteiger partial charge is 0.388 e. The molecule has 0 radical (unpaired) electrons. The van der Waals surface area contributed by atoms with Crippen LogP contribution in [0.4, 0.5) is 0 Å². The van der Waals surface area contributed by atoms with Crippen LogP contribution in [0.15, 0.2) is 0 Å². The van der Waals surface area contributed by atoms with E-state index >= 15 is 0 Å². The molecular formula is C12H26N2O. The van der Waals surface area contributed by atoms with Crippen molar-refractivity contribution in [2.24, 2.45) is 0 Å². The first kappa shape index (κ1) is 12.9. The van der Waals surface area contributed by atoms with Crippen LogP contribution < -0.4 is 5.32 Å². The predicted molar refractivity (Wildman–Crippen MR) is 64.0 cm³/mol. The zero-order valence-electron chi connectivity index (χ0n) is 10.6. The van der Waals surface area contributed by atoms with Gasteiger partial charge in [0.1, 0.15) is 0 Å². The van der Waals surface area contributed by atoms with Crippen LogP contribution in [0.25, 0.3) is 0 Å². The summed E-state index contributed by atoms with van der Waals surface area (Å²) in [6.07, 6.45) is 1.78. The summed E-state index contributed by atoms with van der Waals surface area (Å²) in [7, 11) is 0. The third-order valence-corrected chi connectivity index (χ3v) is 3.71. The molecule has 3 nitrogen and oxygen atoms in total. The molecule has 1 aliphatic rings. The Morgan fingerprint density at radius 2 is 1.80 bits per heavy atom. The third-order valence-electron chi connectivity index (χ3n) is 3.71. The van der Waals surface area contributed by atoms with Gasteiger partial charge in [0.25, 0.3) is 0 Å². The van der Waals surface area contributed by atoms with Crippen LogP contribution in [0.2, 0.25) is 0 Å². The van der Waals surface area contributed by atoms with Gasteiger partial charge in [-0.05, 0) is 40.2 Å². The van der Waals surface area contributed by atoms with E-state index in [1.807, 2.05) is 0 Å². The second-order valence-corrected chi connectivity index (χ2v) is 5.01. The molecule has 0 aromatic rings. The van der Waals surface area contributed by atoms with E-state index in [1.54, 1.807) is 0 Å². The smallest absolute Gasteiger partial charge is 0.0821 e. The van der Waals surface area contributed by atoms with Crippen LogP contribution >= 0.6 is 0 Å². The van der Waals surface area contributed by atoms with Gasteiger partial charge in [0.15, 0.2) is 0 Å². The minimum absolute atomic E-state index is 0.205. The van der Waals surface area contributed by atoms with Crippen LogP contribution in [0.5, 0.6) is 0 Å². The summed E-state index contributed by atoms with van der Waals surface area (Å²) in [5.74, 6) is 0. The average Bonchev–Trinajstić information content (AvgIpc) is 2.18. The van der Waals surface area contributed by atoms with Gasteiger partial charge in [-0.25, -0.2) is 0 Å². The summed E-state index contributed by atoms with van der Waals surface area (Å²) in [6, 6.07) is 0.806. The van der Waals surface area contributed by atoms with Gasteiger partial charge >= 0.3 is 0 Å². The molecule has 3 heteroatoms. The van der Waals surface area contributed by atoms with Crippen molar-refractivity contribution < 1.29 is 5.11 Å². The summed E-state index contributed by atoms with van der Waals surface area (Å²) in [5, 5.41) is 13.8.